The number of carbonyl (C=O) groups excluding carboxylic acids is 1. The van der Waals surface area contributed by atoms with Crippen LogP contribution in [-0.2, 0) is 17.8 Å². The molecule has 12 heavy (non-hydrogen) atoms. The Balaban J connectivity index is 2.47. The molecule has 0 fully saturated rings. The first-order valence-corrected chi connectivity index (χ1v) is 4.24. The molecule has 0 amide bonds. The maximum atomic E-state index is 10.7. The van der Waals surface area contributed by atoms with Crippen LogP contribution in [0.25, 0.3) is 0 Å². The van der Waals surface area contributed by atoms with Crippen molar-refractivity contribution in [3.63, 3.8) is 0 Å². The molecule has 3 nitrogen and oxygen atoms in total. The number of aromatic nitrogens is 2. The van der Waals surface area contributed by atoms with Crippen molar-refractivity contribution in [3.8, 4) is 0 Å². The van der Waals surface area contributed by atoms with E-state index < -0.39 is 0 Å². The van der Waals surface area contributed by atoms with Crippen molar-refractivity contribution in [2.75, 3.05) is 0 Å². The van der Waals surface area contributed by atoms with Crippen LogP contribution in [-0.4, -0.2) is 15.6 Å². The number of Topliss-reactive ketones (excluding diaryl/α,β-unsaturated/α-hetero) is 1. The summed E-state index contributed by atoms with van der Waals surface area (Å²) >= 11 is 0. The van der Waals surface area contributed by atoms with Gasteiger partial charge in [-0.2, -0.15) is 5.10 Å². The SMILES string of the molecule is CCn1ccc(CCC(C)=O)n1. The molecule has 1 rings (SSSR count). The number of rotatable bonds is 4. The summed E-state index contributed by atoms with van der Waals surface area (Å²) in [4.78, 5) is 10.7. The summed E-state index contributed by atoms with van der Waals surface area (Å²) in [5.74, 6) is 0.223. The first-order valence-electron chi connectivity index (χ1n) is 4.24. The zero-order chi connectivity index (χ0) is 8.97. The monoisotopic (exact) mass is 166 g/mol. The molecule has 0 atom stereocenters. The van der Waals surface area contributed by atoms with Gasteiger partial charge in [0.1, 0.15) is 5.78 Å². The third-order valence-corrected chi connectivity index (χ3v) is 1.75. The van der Waals surface area contributed by atoms with Crippen molar-refractivity contribution < 1.29 is 4.79 Å². The molecule has 0 unspecified atom stereocenters. The van der Waals surface area contributed by atoms with Crippen LogP contribution in [0.5, 0.6) is 0 Å². The lowest BCUT2D eigenvalue weighted by Crippen LogP contribution is -1.98. The molecule has 0 aliphatic rings. The smallest absolute Gasteiger partial charge is 0.130 e. The fourth-order valence-electron chi connectivity index (χ4n) is 1.02. The van der Waals surface area contributed by atoms with Gasteiger partial charge in [-0.25, -0.2) is 0 Å². The minimum Gasteiger partial charge on any atom is -0.300 e. The summed E-state index contributed by atoms with van der Waals surface area (Å²) in [5, 5.41) is 4.27. The average Bonchev–Trinajstić information content (AvgIpc) is 2.48. The molecule has 1 aromatic rings. The fraction of sp³-hybridized carbons (Fsp3) is 0.556. The lowest BCUT2D eigenvalue weighted by molar-refractivity contribution is -0.116. The van der Waals surface area contributed by atoms with Gasteiger partial charge in [0.15, 0.2) is 0 Å². The molecule has 66 valence electrons. The molecule has 0 saturated carbocycles. The first-order chi connectivity index (χ1) is 5.72. The Hall–Kier alpha value is -1.12. The molecule has 0 N–H and O–H groups in total. The second-order valence-electron chi connectivity index (χ2n) is 2.86. The van der Waals surface area contributed by atoms with Gasteiger partial charge in [0.05, 0.1) is 5.69 Å². The van der Waals surface area contributed by atoms with E-state index in [1.807, 2.05) is 23.9 Å². The molecular formula is C9H14N2O. The van der Waals surface area contributed by atoms with E-state index in [-0.39, 0.29) is 5.78 Å². The number of aryl methyl sites for hydroxylation is 2. The zero-order valence-corrected chi connectivity index (χ0v) is 7.58. The van der Waals surface area contributed by atoms with E-state index in [0.717, 1.165) is 18.7 Å². The van der Waals surface area contributed by atoms with Crippen LogP contribution < -0.4 is 0 Å². The van der Waals surface area contributed by atoms with E-state index in [9.17, 15) is 4.79 Å². The molecule has 1 aromatic heterocycles. The molecule has 0 aliphatic carbocycles. The Bertz CT molecular complexity index is 265. The number of hydrogen-bond acceptors (Lipinski definition) is 2. The lowest BCUT2D eigenvalue weighted by Gasteiger charge is -1.93. The summed E-state index contributed by atoms with van der Waals surface area (Å²) in [5.41, 5.74) is 1.01. The Kier molecular flexibility index (Phi) is 3.02. The van der Waals surface area contributed by atoms with E-state index in [1.165, 1.54) is 0 Å². The molecule has 0 aliphatic heterocycles. The number of ketones is 1. The van der Waals surface area contributed by atoms with E-state index >= 15 is 0 Å². The summed E-state index contributed by atoms with van der Waals surface area (Å²) in [7, 11) is 0. The standard InChI is InChI=1S/C9H14N2O/c1-3-11-7-6-9(10-11)5-4-8(2)12/h6-7H,3-5H2,1-2H3. The van der Waals surface area contributed by atoms with Crippen LogP contribution in [0, 0.1) is 0 Å². The second-order valence-corrected chi connectivity index (χ2v) is 2.86. The second kappa shape index (κ2) is 4.04. The van der Waals surface area contributed by atoms with Gasteiger partial charge >= 0.3 is 0 Å². The highest BCUT2D eigenvalue weighted by Gasteiger charge is 1.99. The molecule has 0 saturated heterocycles. The van der Waals surface area contributed by atoms with Crippen LogP contribution in [0.15, 0.2) is 12.3 Å². The van der Waals surface area contributed by atoms with Gasteiger partial charge in [0.2, 0.25) is 0 Å². The maximum absolute atomic E-state index is 10.7. The van der Waals surface area contributed by atoms with Gasteiger partial charge in [0, 0.05) is 19.2 Å². The molecule has 0 radical (unpaired) electrons. The van der Waals surface area contributed by atoms with Crippen molar-refractivity contribution in [3.05, 3.63) is 18.0 Å². The summed E-state index contributed by atoms with van der Waals surface area (Å²) in [6.07, 6.45) is 3.30. The number of nitrogens with zero attached hydrogens (tertiary/aromatic N) is 2. The van der Waals surface area contributed by atoms with Gasteiger partial charge in [-0.05, 0) is 26.3 Å². The highest BCUT2D eigenvalue weighted by Crippen LogP contribution is 2.00. The van der Waals surface area contributed by atoms with Crippen LogP contribution in [0.2, 0.25) is 0 Å². The largest absolute Gasteiger partial charge is 0.300 e. The molecule has 0 aromatic carbocycles. The van der Waals surface area contributed by atoms with Crippen LogP contribution in [0.3, 0.4) is 0 Å². The zero-order valence-electron chi connectivity index (χ0n) is 7.58. The molecule has 3 heteroatoms. The predicted octanol–water partition coefficient (Wildman–Crippen LogP) is 1.42. The Labute approximate surface area is 72.4 Å². The van der Waals surface area contributed by atoms with Gasteiger partial charge in [-0.15, -0.1) is 0 Å². The Morgan fingerprint density at radius 3 is 2.92 bits per heavy atom. The summed E-state index contributed by atoms with van der Waals surface area (Å²) in [6, 6.07) is 1.96. The van der Waals surface area contributed by atoms with Gasteiger partial charge in [-0.1, -0.05) is 0 Å². The average molecular weight is 166 g/mol. The highest BCUT2D eigenvalue weighted by molar-refractivity contribution is 5.75. The first kappa shape index (κ1) is 8.97. The maximum Gasteiger partial charge on any atom is 0.130 e. The van der Waals surface area contributed by atoms with E-state index in [2.05, 4.69) is 5.10 Å². The van der Waals surface area contributed by atoms with Crippen molar-refractivity contribution in [1.29, 1.82) is 0 Å². The van der Waals surface area contributed by atoms with E-state index in [1.54, 1.807) is 6.92 Å². The molecule has 0 bridgehead atoms. The third kappa shape index (κ3) is 2.49. The summed E-state index contributed by atoms with van der Waals surface area (Å²) in [6.45, 7) is 4.54. The topological polar surface area (TPSA) is 34.9 Å². The van der Waals surface area contributed by atoms with Crippen LogP contribution in [0.1, 0.15) is 26.0 Å². The molecule has 1 heterocycles. The Morgan fingerprint density at radius 2 is 2.42 bits per heavy atom. The van der Waals surface area contributed by atoms with E-state index in [4.69, 9.17) is 0 Å². The van der Waals surface area contributed by atoms with Crippen LogP contribution >= 0.6 is 0 Å². The van der Waals surface area contributed by atoms with Gasteiger partial charge < -0.3 is 4.79 Å². The third-order valence-electron chi connectivity index (χ3n) is 1.75. The van der Waals surface area contributed by atoms with Crippen molar-refractivity contribution in [1.82, 2.24) is 9.78 Å². The normalized spacial score (nSPS) is 10.2. The van der Waals surface area contributed by atoms with Crippen molar-refractivity contribution in [2.24, 2.45) is 0 Å². The van der Waals surface area contributed by atoms with E-state index in [0.29, 0.717) is 6.42 Å². The minimum atomic E-state index is 0.223. The molecular weight excluding hydrogens is 152 g/mol. The van der Waals surface area contributed by atoms with Crippen LogP contribution in [0.4, 0.5) is 0 Å². The lowest BCUT2D eigenvalue weighted by atomic mass is 10.2. The number of carbonyl (C=O) groups is 1. The number of hydrogen-bond donors (Lipinski definition) is 0. The van der Waals surface area contributed by atoms with Gasteiger partial charge in [0.25, 0.3) is 0 Å². The predicted molar refractivity (Wildman–Crippen MR) is 46.9 cm³/mol. The summed E-state index contributed by atoms with van der Waals surface area (Å²) < 4.78 is 1.87. The Morgan fingerprint density at radius 1 is 1.67 bits per heavy atom. The van der Waals surface area contributed by atoms with Crippen molar-refractivity contribution in [2.45, 2.75) is 33.2 Å². The van der Waals surface area contributed by atoms with Gasteiger partial charge in [-0.3, -0.25) is 4.68 Å². The van der Waals surface area contributed by atoms with Crippen molar-refractivity contribution >= 4 is 5.78 Å². The highest BCUT2D eigenvalue weighted by atomic mass is 16.1. The fourth-order valence-corrected chi connectivity index (χ4v) is 1.02. The molecule has 0 spiro atoms. The quantitative estimate of drug-likeness (QED) is 0.678. The minimum absolute atomic E-state index is 0.223.